The fourth-order valence-electron chi connectivity index (χ4n) is 9.30. The Morgan fingerprint density at radius 1 is 0.953 bits per heavy atom. The molecule has 4 aliphatic rings. The second-order valence-corrected chi connectivity index (χ2v) is 13.6. The SMILES string of the molecule is CCC(=O)O[C@H]1CC[C@H]2[C@@H]3CCC4=CC(=NOC(=O)c5cccc6c(=O)c7ccccc7[nH]c56)CC[C@]4(C)[C@H]3CC[C@]12C. The molecule has 3 saturated carbocycles. The molecule has 1 aromatic heterocycles. The van der Waals surface area contributed by atoms with Crippen molar-refractivity contribution < 1.29 is 19.2 Å². The third kappa shape index (κ3) is 4.46. The lowest BCUT2D eigenvalue weighted by atomic mass is 9.47. The van der Waals surface area contributed by atoms with Crippen LogP contribution in [0, 0.1) is 28.6 Å². The van der Waals surface area contributed by atoms with Crippen molar-refractivity contribution >= 4 is 39.5 Å². The Balaban J connectivity index is 1.10. The van der Waals surface area contributed by atoms with Gasteiger partial charge in [0.25, 0.3) is 0 Å². The minimum Gasteiger partial charge on any atom is -0.462 e. The van der Waals surface area contributed by atoms with Crippen LogP contribution in [0.25, 0.3) is 21.8 Å². The number of pyridine rings is 1. The number of carbonyl (C=O) groups excluding carboxylic acids is 2. The number of H-pyrrole nitrogens is 1. The lowest BCUT2D eigenvalue weighted by Gasteiger charge is -2.58. The zero-order valence-electron chi connectivity index (χ0n) is 25.3. The van der Waals surface area contributed by atoms with Crippen molar-refractivity contribution in [1.29, 1.82) is 0 Å². The minimum atomic E-state index is -0.578. The van der Waals surface area contributed by atoms with E-state index in [2.05, 4.69) is 30.1 Å². The summed E-state index contributed by atoms with van der Waals surface area (Å²) in [5, 5.41) is 5.38. The van der Waals surface area contributed by atoms with Crippen LogP contribution >= 0.6 is 0 Å². The first kappa shape index (κ1) is 28.1. The van der Waals surface area contributed by atoms with Crippen molar-refractivity contribution in [1.82, 2.24) is 4.98 Å². The van der Waals surface area contributed by atoms with Crippen molar-refractivity contribution in [3.8, 4) is 0 Å². The monoisotopic (exact) mass is 580 g/mol. The summed E-state index contributed by atoms with van der Waals surface area (Å²) in [5.41, 5.74) is 3.74. The zero-order chi connectivity index (χ0) is 29.9. The molecular formula is C36H40N2O5. The van der Waals surface area contributed by atoms with Crippen LogP contribution < -0.4 is 5.43 Å². The van der Waals surface area contributed by atoms with E-state index in [0.717, 1.165) is 57.1 Å². The van der Waals surface area contributed by atoms with Crippen LogP contribution in [0.3, 0.4) is 0 Å². The van der Waals surface area contributed by atoms with Gasteiger partial charge >= 0.3 is 11.9 Å². The van der Waals surface area contributed by atoms with Gasteiger partial charge < -0.3 is 14.6 Å². The number of aromatic nitrogens is 1. The molecule has 1 heterocycles. The maximum Gasteiger partial charge on any atom is 0.367 e. The van der Waals surface area contributed by atoms with Crippen molar-refractivity contribution in [3.63, 3.8) is 0 Å². The predicted octanol–water partition coefficient (Wildman–Crippen LogP) is 7.48. The first-order chi connectivity index (χ1) is 20.7. The topological polar surface area (TPSA) is 97.8 Å². The molecule has 3 fully saturated rings. The average molecular weight is 581 g/mol. The summed E-state index contributed by atoms with van der Waals surface area (Å²) in [6.07, 6.45) is 11.0. The number of benzene rings is 2. The van der Waals surface area contributed by atoms with Crippen LogP contribution in [0.2, 0.25) is 0 Å². The molecular weight excluding hydrogens is 540 g/mol. The maximum absolute atomic E-state index is 13.2. The number of para-hydroxylation sites is 2. The predicted molar refractivity (Wildman–Crippen MR) is 167 cm³/mol. The molecule has 0 aliphatic heterocycles. The van der Waals surface area contributed by atoms with Crippen molar-refractivity contribution in [2.45, 2.75) is 84.7 Å². The Morgan fingerprint density at radius 2 is 1.77 bits per heavy atom. The normalized spacial score (nSPS) is 32.5. The Hall–Kier alpha value is -3.74. The number of aromatic amines is 1. The number of hydrogen-bond acceptors (Lipinski definition) is 6. The second kappa shape index (κ2) is 10.5. The first-order valence-electron chi connectivity index (χ1n) is 16.0. The highest BCUT2D eigenvalue weighted by molar-refractivity contribution is 6.06. The Bertz CT molecular complexity index is 1750. The average Bonchev–Trinajstić information content (AvgIpc) is 3.35. The largest absolute Gasteiger partial charge is 0.462 e. The number of ether oxygens (including phenoxy) is 1. The van der Waals surface area contributed by atoms with E-state index in [1.165, 1.54) is 5.57 Å². The van der Waals surface area contributed by atoms with Gasteiger partial charge in [0.2, 0.25) is 0 Å². The Morgan fingerprint density at radius 3 is 2.60 bits per heavy atom. The lowest BCUT2D eigenvalue weighted by Crippen LogP contribution is -2.51. The van der Waals surface area contributed by atoms with Crippen LogP contribution in [0.15, 0.2) is 64.1 Å². The molecule has 1 N–H and O–H groups in total. The number of carbonyl (C=O) groups is 2. The summed E-state index contributed by atoms with van der Waals surface area (Å²) in [6.45, 7) is 6.68. The molecule has 0 saturated heterocycles. The minimum absolute atomic E-state index is 0.0497. The summed E-state index contributed by atoms with van der Waals surface area (Å²) in [5.74, 6) is 1.20. The van der Waals surface area contributed by atoms with E-state index in [1.807, 2.05) is 25.1 Å². The number of nitrogens with zero attached hydrogens (tertiary/aromatic N) is 1. The molecule has 224 valence electrons. The first-order valence-corrected chi connectivity index (χ1v) is 16.0. The second-order valence-electron chi connectivity index (χ2n) is 13.6. The highest BCUT2D eigenvalue weighted by Gasteiger charge is 2.59. The summed E-state index contributed by atoms with van der Waals surface area (Å²) < 4.78 is 5.96. The van der Waals surface area contributed by atoms with Crippen molar-refractivity contribution in [2.24, 2.45) is 33.7 Å². The van der Waals surface area contributed by atoms with E-state index >= 15 is 0 Å². The van der Waals surface area contributed by atoms with Gasteiger partial charge in [0.15, 0.2) is 5.43 Å². The molecule has 0 amide bonds. The van der Waals surface area contributed by atoms with Gasteiger partial charge in [-0.2, -0.15) is 0 Å². The van der Waals surface area contributed by atoms with Gasteiger partial charge in [0.05, 0.1) is 16.8 Å². The number of esters is 1. The zero-order valence-corrected chi connectivity index (χ0v) is 25.3. The highest BCUT2D eigenvalue weighted by Crippen LogP contribution is 2.65. The van der Waals surface area contributed by atoms with E-state index in [4.69, 9.17) is 9.57 Å². The van der Waals surface area contributed by atoms with Crippen LogP contribution in [-0.2, 0) is 14.4 Å². The molecule has 0 bridgehead atoms. The quantitative estimate of drug-likeness (QED) is 0.149. The van der Waals surface area contributed by atoms with Gasteiger partial charge in [-0.25, -0.2) is 4.79 Å². The van der Waals surface area contributed by atoms with Gasteiger partial charge in [0.1, 0.15) is 6.10 Å². The fraction of sp³-hybridized carbons (Fsp3) is 0.500. The van der Waals surface area contributed by atoms with Gasteiger partial charge in [-0.1, -0.05) is 49.7 Å². The number of oxime groups is 1. The number of hydrogen-bond donors (Lipinski definition) is 1. The summed E-state index contributed by atoms with van der Waals surface area (Å²) in [4.78, 5) is 47.2. The van der Waals surface area contributed by atoms with Crippen LogP contribution in [0.4, 0.5) is 0 Å². The van der Waals surface area contributed by atoms with Gasteiger partial charge in [-0.05, 0) is 105 Å². The van der Waals surface area contributed by atoms with E-state index < -0.39 is 5.97 Å². The van der Waals surface area contributed by atoms with Crippen LogP contribution in [0.5, 0.6) is 0 Å². The maximum atomic E-state index is 13.2. The Labute approximate surface area is 251 Å². The van der Waals surface area contributed by atoms with Gasteiger partial charge in [0, 0.05) is 28.1 Å². The third-order valence-electron chi connectivity index (χ3n) is 11.7. The summed E-state index contributed by atoms with van der Waals surface area (Å²) in [7, 11) is 0. The third-order valence-corrected chi connectivity index (χ3v) is 11.7. The van der Waals surface area contributed by atoms with Crippen LogP contribution in [-0.4, -0.2) is 28.7 Å². The summed E-state index contributed by atoms with van der Waals surface area (Å²) >= 11 is 0. The van der Waals surface area contributed by atoms with E-state index in [-0.39, 0.29) is 28.3 Å². The number of nitrogens with one attached hydrogen (secondary N) is 1. The number of rotatable bonds is 4. The molecule has 0 spiro atoms. The summed E-state index contributed by atoms with van der Waals surface area (Å²) in [6, 6.07) is 12.4. The fourth-order valence-corrected chi connectivity index (χ4v) is 9.30. The van der Waals surface area contributed by atoms with Gasteiger partial charge in [-0.15, -0.1) is 0 Å². The molecule has 43 heavy (non-hydrogen) atoms. The van der Waals surface area contributed by atoms with E-state index in [9.17, 15) is 14.4 Å². The lowest BCUT2D eigenvalue weighted by molar-refractivity contribution is -0.159. The molecule has 7 rings (SSSR count). The van der Waals surface area contributed by atoms with E-state index in [1.54, 1.807) is 24.3 Å². The number of allylic oxidation sites excluding steroid dienone is 2. The molecule has 0 radical (unpaired) electrons. The molecule has 4 aliphatic carbocycles. The Kier molecular flexibility index (Phi) is 6.82. The molecule has 2 aromatic carbocycles. The standard InChI is InChI=1S/C36H40N2O5/c1-4-31(39)42-30-15-14-27-23-13-12-21-20-22(16-18-35(21,2)28(23)17-19-36(27,30)3)38-43-34(41)26-10-7-9-25-32(26)37-29-11-6-5-8-24(29)33(25)40/h5-11,20,23,27-28,30H,4,12-19H2,1-3H3,(H,37,40)/t23-,27-,28-,30-,35-,36-/m0/s1. The highest BCUT2D eigenvalue weighted by atomic mass is 16.7. The molecule has 6 atom stereocenters. The van der Waals surface area contributed by atoms with Crippen molar-refractivity contribution in [2.75, 3.05) is 0 Å². The molecule has 3 aromatic rings. The molecule has 7 nitrogen and oxygen atoms in total. The number of fused-ring (bicyclic) bond motifs is 7. The van der Waals surface area contributed by atoms with Crippen LogP contribution in [0.1, 0.15) is 88.9 Å². The van der Waals surface area contributed by atoms with Gasteiger partial charge in [-0.3, -0.25) is 9.59 Å². The smallest absolute Gasteiger partial charge is 0.367 e. The van der Waals surface area contributed by atoms with E-state index in [0.29, 0.717) is 51.5 Å². The molecule has 7 heteroatoms. The molecule has 0 unspecified atom stereocenters. The van der Waals surface area contributed by atoms with Crippen molar-refractivity contribution in [3.05, 3.63) is 69.9 Å².